The van der Waals surface area contributed by atoms with Crippen LogP contribution < -0.4 is 11.0 Å². The number of rotatable bonds is 2. The zero-order valence-electron chi connectivity index (χ0n) is 13.9. The molecule has 3 heterocycles. The molecule has 0 radical (unpaired) electrons. The third kappa shape index (κ3) is 2.61. The van der Waals surface area contributed by atoms with E-state index in [2.05, 4.69) is 10.4 Å². The lowest BCUT2D eigenvalue weighted by Crippen LogP contribution is -2.39. The van der Waals surface area contributed by atoms with E-state index in [0.717, 1.165) is 16.5 Å². The minimum Gasteiger partial charge on any atom is -0.463 e. The number of benzene rings is 1. The Labute approximate surface area is 143 Å². The molecule has 25 heavy (non-hydrogen) atoms. The van der Waals surface area contributed by atoms with Crippen molar-refractivity contribution in [2.24, 2.45) is 0 Å². The minimum atomic E-state index is -0.508. The molecule has 1 amide bonds. The number of hydrogen-bond acceptors (Lipinski definition) is 4. The Morgan fingerprint density at radius 3 is 2.80 bits per heavy atom. The van der Waals surface area contributed by atoms with Crippen molar-refractivity contribution in [3.05, 3.63) is 76.0 Å². The highest BCUT2D eigenvalue weighted by Crippen LogP contribution is 2.30. The SMILES string of the molecule is CC(=O)N1NC(c2ccco2)=CC1c1cc2cc(C)ccc2[nH]c1=O. The Morgan fingerprint density at radius 2 is 2.08 bits per heavy atom. The number of aromatic amines is 1. The number of H-pyrrole nitrogens is 1. The van der Waals surface area contributed by atoms with Crippen LogP contribution in [0.3, 0.4) is 0 Å². The van der Waals surface area contributed by atoms with Gasteiger partial charge in [-0.3, -0.25) is 15.0 Å². The van der Waals surface area contributed by atoms with Gasteiger partial charge < -0.3 is 9.40 Å². The van der Waals surface area contributed by atoms with Gasteiger partial charge in [-0.15, -0.1) is 0 Å². The lowest BCUT2D eigenvalue weighted by atomic mass is 10.0. The van der Waals surface area contributed by atoms with Crippen LogP contribution in [0.25, 0.3) is 16.6 Å². The Morgan fingerprint density at radius 1 is 1.24 bits per heavy atom. The number of pyridine rings is 1. The van der Waals surface area contributed by atoms with Gasteiger partial charge in [-0.1, -0.05) is 11.6 Å². The van der Waals surface area contributed by atoms with Crippen molar-refractivity contribution in [1.29, 1.82) is 0 Å². The van der Waals surface area contributed by atoms with Gasteiger partial charge in [0, 0.05) is 18.0 Å². The van der Waals surface area contributed by atoms with Crippen molar-refractivity contribution in [2.75, 3.05) is 0 Å². The first-order valence-electron chi connectivity index (χ1n) is 7.98. The molecule has 3 aromatic rings. The molecule has 0 bridgehead atoms. The first kappa shape index (κ1) is 15.3. The van der Waals surface area contributed by atoms with Gasteiger partial charge in [-0.25, -0.2) is 5.01 Å². The van der Waals surface area contributed by atoms with Crippen LogP contribution in [-0.2, 0) is 4.79 Å². The van der Waals surface area contributed by atoms with Gasteiger partial charge in [0.2, 0.25) is 5.91 Å². The molecule has 0 spiro atoms. The Hall–Kier alpha value is -3.28. The number of carbonyl (C=O) groups excluding carboxylic acids is 1. The molecular formula is C19H17N3O3. The van der Waals surface area contributed by atoms with E-state index in [4.69, 9.17) is 4.42 Å². The van der Waals surface area contributed by atoms with Crippen LogP contribution in [0.2, 0.25) is 0 Å². The number of hydrogen-bond donors (Lipinski definition) is 2. The van der Waals surface area contributed by atoms with Gasteiger partial charge in [-0.05, 0) is 48.7 Å². The Kier molecular flexibility index (Phi) is 3.46. The number of amides is 1. The van der Waals surface area contributed by atoms with E-state index in [1.165, 1.54) is 11.9 Å². The highest BCUT2D eigenvalue weighted by Gasteiger charge is 2.31. The summed E-state index contributed by atoms with van der Waals surface area (Å²) in [6.07, 6.45) is 3.39. The van der Waals surface area contributed by atoms with Gasteiger partial charge in [-0.2, -0.15) is 0 Å². The number of hydrazine groups is 1. The molecule has 2 N–H and O–H groups in total. The van der Waals surface area contributed by atoms with Crippen LogP contribution in [0.1, 0.15) is 29.9 Å². The van der Waals surface area contributed by atoms with E-state index in [1.54, 1.807) is 18.4 Å². The number of aromatic nitrogens is 1. The molecule has 1 atom stereocenters. The second-order valence-electron chi connectivity index (χ2n) is 6.15. The molecule has 0 saturated heterocycles. The van der Waals surface area contributed by atoms with Crippen molar-refractivity contribution >= 4 is 22.5 Å². The van der Waals surface area contributed by atoms with Gasteiger partial charge >= 0.3 is 0 Å². The van der Waals surface area contributed by atoms with E-state index < -0.39 is 6.04 Å². The molecular weight excluding hydrogens is 318 g/mol. The summed E-state index contributed by atoms with van der Waals surface area (Å²) in [6.45, 7) is 3.45. The summed E-state index contributed by atoms with van der Waals surface area (Å²) in [7, 11) is 0. The fraction of sp³-hybridized carbons (Fsp3) is 0.158. The highest BCUT2D eigenvalue weighted by atomic mass is 16.3. The van der Waals surface area contributed by atoms with Crippen molar-refractivity contribution in [3.8, 4) is 0 Å². The third-order valence-corrected chi connectivity index (χ3v) is 4.32. The molecule has 1 unspecified atom stereocenters. The molecule has 126 valence electrons. The summed E-state index contributed by atoms with van der Waals surface area (Å²) < 4.78 is 5.39. The molecule has 0 aliphatic carbocycles. The quantitative estimate of drug-likeness (QED) is 0.755. The van der Waals surface area contributed by atoms with Crippen molar-refractivity contribution in [2.45, 2.75) is 19.9 Å². The zero-order valence-corrected chi connectivity index (χ0v) is 13.9. The standard InChI is InChI=1S/C19H17N3O3/c1-11-5-6-15-13(8-11)9-14(19(24)20-15)17-10-16(18-4-3-7-25-18)21-22(17)12(2)23/h3-10,17,21H,1-2H3,(H,20,24). The minimum absolute atomic E-state index is 0.188. The van der Waals surface area contributed by atoms with Crippen LogP contribution >= 0.6 is 0 Å². The first-order valence-corrected chi connectivity index (χ1v) is 7.98. The van der Waals surface area contributed by atoms with E-state index in [0.29, 0.717) is 17.0 Å². The molecule has 2 aromatic heterocycles. The second kappa shape index (κ2) is 5.66. The maximum atomic E-state index is 12.6. The number of nitrogens with one attached hydrogen (secondary N) is 2. The molecule has 1 aliphatic rings. The smallest absolute Gasteiger partial charge is 0.254 e. The summed E-state index contributed by atoms with van der Waals surface area (Å²) in [5.74, 6) is 0.424. The maximum absolute atomic E-state index is 12.6. The van der Waals surface area contributed by atoms with Crippen molar-refractivity contribution in [3.63, 3.8) is 0 Å². The van der Waals surface area contributed by atoms with Crippen LogP contribution in [0.5, 0.6) is 0 Å². The van der Waals surface area contributed by atoms with Crippen LogP contribution in [0.15, 0.2) is 57.9 Å². The number of carbonyl (C=O) groups is 1. The second-order valence-corrected chi connectivity index (χ2v) is 6.15. The summed E-state index contributed by atoms with van der Waals surface area (Å²) in [6, 6.07) is 10.7. The highest BCUT2D eigenvalue weighted by molar-refractivity contribution is 5.81. The predicted octanol–water partition coefficient (Wildman–Crippen LogP) is 2.88. The molecule has 0 saturated carbocycles. The first-order chi connectivity index (χ1) is 12.0. The van der Waals surface area contributed by atoms with E-state index in [1.807, 2.05) is 37.3 Å². The largest absolute Gasteiger partial charge is 0.463 e. The third-order valence-electron chi connectivity index (χ3n) is 4.32. The van der Waals surface area contributed by atoms with E-state index in [9.17, 15) is 9.59 Å². The molecule has 1 aromatic carbocycles. The Balaban J connectivity index is 1.85. The summed E-state index contributed by atoms with van der Waals surface area (Å²) in [5.41, 5.74) is 5.85. The number of aryl methyl sites for hydroxylation is 1. The molecule has 6 nitrogen and oxygen atoms in total. The summed E-state index contributed by atoms with van der Waals surface area (Å²) in [5, 5.41) is 2.36. The maximum Gasteiger partial charge on any atom is 0.254 e. The number of furan rings is 1. The fourth-order valence-electron chi connectivity index (χ4n) is 3.10. The molecule has 6 heteroatoms. The van der Waals surface area contributed by atoms with Gasteiger partial charge in [0.25, 0.3) is 5.56 Å². The van der Waals surface area contributed by atoms with Gasteiger partial charge in [0.1, 0.15) is 6.04 Å². The monoisotopic (exact) mass is 335 g/mol. The topological polar surface area (TPSA) is 78.3 Å². The molecule has 1 aliphatic heterocycles. The normalized spacial score (nSPS) is 16.8. The van der Waals surface area contributed by atoms with Gasteiger partial charge in [0.05, 0.1) is 12.0 Å². The average Bonchev–Trinajstić information content (AvgIpc) is 3.23. The number of nitrogens with zero attached hydrogens (tertiary/aromatic N) is 1. The van der Waals surface area contributed by atoms with E-state index in [-0.39, 0.29) is 11.5 Å². The summed E-state index contributed by atoms with van der Waals surface area (Å²) >= 11 is 0. The van der Waals surface area contributed by atoms with Crippen LogP contribution in [0, 0.1) is 6.92 Å². The lowest BCUT2D eigenvalue weighted by molar-refractivity contribution is -0.132. The van der Waals surface area contributed by atoms with E-state index >= 15 is 0 Å². The number of fused-ring (bicyclic) bond motifs is 1. The zero-order chi connectivity index (χ0) is 17.6. The summed E-state index contributed by atoms with van der Waals surface area (Å²) in [4.78, 5) is 27.6. The van der Waals surface area contributed by atoms with Gasteiger partial charge in [0.15, 0.2) is 5.76 Å². The molecule has 0 fully saturated rings. The fourth-order valence-corrected chi connectivity index (χ4v) is 3.10. The molecule has 4 rings (SSSR count). The van der Waals surface area contributed by atoms with Crippen molar-refractivity contribution < 1.29 is 9.21 Å². The van der Waals surface area contributed by atoms with Crippen LogP contribution in [-0.4, -0.2) is 15.9 Å². The lowest BCUT2D eigenvalue weighted by Gasteiger charge is -2.23. The van der Waals surface area contributed by atoms with Crippen LogP contribution in [0.4, 0.5) is 0 Å². The van der Waals surface area contributed by atoms with Crippen molar-refractivity contribution in [1.82, 2.24) is 15.4 Å². The Bertz CT molecular complexity index is 1050. The average molecular weight is 335 g/mol. The predicted molar refractivity (Wildman–Crippen MR) is 94.4 cm³/mol.